The van der Waals surface area contributed by atoms with Crippen molar-refractivity contribution in [2.45, 2.75) is 39.7 Å². The number of aromatic nitrogens is 2. The van der Waals surface area contributed by atoms with Crippen LogP contribution in [0.5, 0.6) is 0 Å². The van der Waals surface area contributed by atoms with Gasteiger partial charge in [0, 0.05) is 23.7 Å². The Morgan fingerprint density at radius 2 is 2.16 bits per heavy atom. The summed E-state index contributed by atoms with van der Waals surface area (Å²) in [4.78, 5) is 1.32. The van der Waals surface area contributed by atoms with Crippen molar-refractivity contribution >= 4 is 11.3 Å². The smallest absolute Gasteiger partial charge is 0.0628 e. The molecule has 2 aromatic heterocycles. The van der Waals surface area contributed by atoms with Gasteiger partial charge in [0.1, 0.15) is 0 Å². The lowest BCUT2D eigenvalue weighted by Crippen LogP contribution is -2.28. The van der Waals surface area contributed by atoms with Crippen LogP contribution in [0.4, 0.5) is 0 Å². The molecule has 2 rings (SSSR count). The molecule has 1 atom stereocenters. The van der Waals surface area contributed by atoms with E-state index in [1.807, 2.05) is 11.7 Å². The highest BCUT2D eigenvalue weighted by Crippen LogP contribution is 2.25. The first-order chi connectivity index (χ1) is 9.02. The summed E-state index contributed by atoms with van der Waals surface area (Å²) in [5.74, 6) is 5.69. The fourth-order valence-corrected chi connectivity index (χ4v) is 3.22. The van der Waals surface area contributed by atoms with Crippen LogP contribution < -0.4 is 11.3 Å². The van der Waals surface area contributed by atoms with Crippen LogP contribution in [-0.2, 0) is 13.5 Å². The monoisotopic (exact) mass is 278 g/mol. The molecule has 0 amide bonds. The molecule has 1 unspecified atom stereocenters. The Morgan fingerprint density at radius 3 is 2.63 bits per heavy atom. The van der Waals surface area contributed by atoms with Gasteiger partial charge < -0.3 is 0 Å². The predicted molar refractivity (Wildman–Crippen MR) is 80.1 cm³/mol. The molecule has 19 heavy (non-hydrogen) atoms. The second-order valence-corrected chi connectivity index (χ2v) is 6.14. The number of hydrogen-bond acceptors (Lipinski definition) is 4. The quantitative estimate of drug-likeness (QED) is 0.653. The zero-order valence-corrected chi connectivity index (χ0v) is 12.8. The first kappa shape index (κ1) is 14.2. The van der Waals surface area contributed by atoms with Gasteiger partial charge in [-0.1, -0.05) is 0 Å². The molecule has 0 saturated carbocycles. The van der Waals surface area contributed by atoms with E-state index in [1.54, 1.807) is 11.3 Å². The van der Waals surface area contributed by atoms with E-state index >= 15 is 0 Å². The fourth-order valence-electron chi connectivity index (χ4n) is 2.46. The van der Waals surface area contributed by atoms with Gasteiger partial charge in [-0.25, -0.2) is 0 Å². The Bertz CT molecular complexity index is 556. The molecule has 3 N–H and O–H groups in total. The molecule has 104 valence electrons. The number of nitrogens with two attached hydrogens (primary N) is 1. The van der Waals surface area contributed by atoms with Crippen molar-refractivity contribution < 1.29 is 0 Å². The Kier molecular flexibility index (Phi) is 4.39. The van der Waals surface area contributed by atoms with Crippen molar-refractivity contribution in [3.8, 4) is 0 Å². The van der Waals surface area contributed by atoms with E-state index in [4.69, 9.17) is 5.84 Å². The van der Waals surface area contributed by atoms with Gasteiger partial charge >= 0.3 is 0 Å². The standard InChI is InChI=1S/C14H22N4S/c1-9-7-12(8-19-9)14(16-15)6-5-13-10(2)17-18(4)11(13)3/h7-8,14,16H,5-6,15H2,1-4H3. The van der Waals surface area contributed by atoms with Crippen LogP contribution in [0.2, 0.25) is 0 Å². The molecule has 0 fully saturated rings. The highest BCUT2D eigenvalue weighted by atomic mass is 32.1. The first-order valence-electron chi connectivity index (χ1n) is 6.53. The van der Waals surface area contributed by atoms with Crippen molar-refractivity contribution in [1.29, 1.82) is 0 Å². The van der Waals surface area contributed by atoms with Gasteiger partial charge in [0.15, 0.2) is 0 Å². The highest BCUT2D eigenvalue weighted by Gasteiger charge is 2.15. The number of nitrogens with one attached hydrogen (secondary N) is 1. The van der Waals surface area contributed by atoms with Crippen LogP contribution in [0.1, 0.15) is 39.9 Å². The summed E-state index contributed by atoms with van der Waals surface area (Å²) in [6.45, 7) is 6.31. The summed E-state index contributed by atoms with van der Waals surface area (Å²) in [5, 5.41) is 6.64. The van der Waals surface area contributed by atoms with Crippen LogP contribution in [0.3, 0.4) is 0 Å². The summed E-state index contributed by atoms with van der Waals surface area (Å²) in [6, 6.07) is 2.42. The van der Waals surface area contributed by atoms with Crippen molar-refractivity contribution in [1.82, 2.24) is 15.2 Å². The highest BCUT2D eigenvalue weighted by molar-refractivity contribution is 7.10. The first-order valence-corrected chi connectivity index (χ1v) is 7.41. The van der Waals surface area contributed by atoms with Gasteiger partial charge in [0.25, 0.3) is 0 Å². The molecular formula is C14H22N4S. The van der Waals surface area contributed by atoms with E-state index in [9.17, 15) is 0 Å². The number of thiophene rings is 1. The molecule has 0 radical (unpaired) electrons. The molecule has 0 aliphatic rings. The largest absolute Gasteiger partial charge is 0.272 e. The van der Waals surface area contributed by atoms with Crippen LogP contribution in [0.25, 0.3) is 0 Å². The minimum absolute atomic E-state index is 0.212. The van der Waals surface area contributed by atoms with E-state index in [1.165, 1.54) is 21.7 Å². The molecule has 4 nitrogen and oxygen atoms in total. The normalized spacial score (nSPS) is 12.9. The van der Waals surface area contributed by atoms with Gasteiger partial charge in [-0.15, -0.1) is 11.3 Å². The molecule has 2 heterocycles. The summed E-state index contributed by atoms with van der Waals surface area (Å²) in [5.41, 5.74) is 7.92. The zero-order chi connectivity index (χ0) is 14.0. The number of nitrogens with zero attached hydrogens (tertiary/aromatic N) is 2. The van der Waals surface area contributed by atoms with Gasteiger partial charge in [0.2, 0.25) is 0 Å². The van der Waals surface area contributed by atoms with Crippen molar-refractivity contribution in [3.63, 3.8) is 0 Å². The van der Waals surface area contributed by atoms with Crippen LogP contribution >= 0.6 is 11.3 Å². The van der Waals surface area contributed by atoms with Crippen molar-refractivity contribution in [2.24, 2.45) is 12.9 Å². The molecule has 0 spiro atoms. The Morgan fingerprint density at radius 1 is 1.42 bits per heavy atom. The third kappa shape index (κ3) is 3.05. The predicted octanol–water partition coefficient (Wildman–Crippen LogP) is 2.54. The maximum Gasteiger partial charge on any atom is 0.0628 e. The van der Waals surface area contributed by atoms with E-state index in [2.05, 4.69) is 42.7 Å². The van der Waals surface area contributed by atoms with Gasteiger partial charge in [0.05, 0.1) is 5.69 Å². The third-order valence-electron chi connectivity index (χ3n) is 3.70. The second-order valence-electron chi connectivity index (χ2n) is 5.02. The zero-order valence-electron chi connectivity index (χ0n) is 12.0. The van der Waals surface area contributed by atoms with Gasteiger partial charge in [-0.3, -0.25) is 16.0 Å². The van der Waals surface area contributed by atoms with Crippen LogP contribution in [0.15, 0.2) is 11.4 Å². The third-order valence-corrected chi connectivity index (χ3v) is 4.58. The maximum atomic E-state index is 5.69. The summed E-state index contributed by atoms with van der Waals surface area (Å²) in [6.07, 6.45) is 1.98. The van der Waals surface area contributed by atoms with Crippen LogP contribution in [0, 0.1) is 20.8 Å². The average Bonchev–Trinajstić information content (AvgIpc) is 2.89. The van der Waals surface area contributed by atoms with E-state index in [0.717, 1.165) is 18.5 Å². The van der Waals surface area contributed by atoms with E-state index in [0.29, 0.717) is 0 Å². The molecule has 0 bridgehead atoms. The lowest BCUT2D eigenvalue weighted by Gasteiger charge is -2.14. The number of hydrogen-bond donors (Lipinski definition) is 2. The van der Waals surface area contributed by atoms with Crippen LogP contribution in [-0.4, -0.2) is 9.78 Å². The lowest BCUT2D eigenvalue weighted by atomic mass is 10.0. The fraction of sp³-hybridized carbons (Fsp3) is 0.500. The van der Waals surface area contributed by atoms with Crippen molar-refractivity contribution in [2.75, 3.05) is 0 Å². The lowest BCUT2D eigenvalue weighted by molar-refractivity contribution is 0.516. The summed E-state index contributed by atoms with van der Waals surface area (Å²) in [7, 11) is 1.99. The molecule has 0 aliphatic heterocycles. The molecule has 2 aromatic rings. The molecule has 5 heteroatoms. The van der Waals surface area contributed by atoms with Crippen molar-refractivity contribution in [3.05, 3.63) is 38.8 Å². The average molecular weight is 278 g/mol. The number of hydrazine groups is 1. The van der Waals surface area contributed by atoms with E-state index < -0.39 is 0 Å². The Balaban J connectivity index is 2.08. The maximum absolute atomic E-state index is 5.69. The van der Waals surface area contributed by atoms with Gasteiger partial charge in [-0.05, 0) is 56.2 Å². The minimum Gasteiger partial charge on any atom is -0.272 e. The number of rotatable bonds is 5. The summed E-state index contributed by atoms with van der Waals surface area (Å²) < 4.78 is 1.95. The topological polar surface area (TPSA) is 55.9 Å². The molecule has 0 saturated heterocycles. The van der Waals surface area contributed by atoms with E-state index in [-0.39, 0.29) is 6.04 Å². The Hall–Kier alpha value is -1.17. The summed E-state index contributed by atoms with van der Waals surface area (Å²) >= 11 is 1.77. The minimum atomic E-state index is 0.212. The second kappa shape index (κ2) is 5.86. The molecule has 0 aliphatic carbocycles. The molecular weight excluding hydrogens is 256 g/mol. The number of aryl methyl sites for hydroxylation is 3. The molecule has 0 aromatic carbocycles. The van der Waals surface area contributed by atoms with Gasteiger partial charge in [-0.2, -0.15) is 5.10 Å². The SMILES string of the molecule is Cc1cc(C(CCc2c(C)nn(C)c2C)NN)cs1. The Labute approximate surface area is 118 Å².